The van der Waals surface area contributed by atoms with Crippen LogP contribution in [0.3, 0.4) is 0 Å². The average molecular weight is 496 g/mol. The van der Waals surface area contributed by atoms with Gasteiger partial charge in [0.25, 0.3) is 5.91 Å². The van der Waals surface area contributed by atoms with E-state index in [0.717, 1.165) is 17.0 Å². The number of rotatable bonds is 7. The molecule has 0 spiro atoms. The summed E-state index contributed by atoms with van der Waals surface area (Å²) in [4.78, 5) is 38.4. The highest BCUT2D eigenvalue weighted by Crippen LogP contribution is 2.41. The van der Waals surface area contributed by atoms with Crippen LogP contribution in [0.15, 0.2) is 34.6 Å². The monoisotopic (exact) mass is 495 g/mol. The van der Waals surface area contributed by atoms with E-state index < -0.39 is 46.8 Å². The van der Waals surface area contributed by atoms with Crippen LogP contribution in [-0.4, -0.2) is 76.0 Å². The molecule has 2 unspecified atom stereocenters. The second kappa shape index (κ2) is 8.99. The van der Waals surface area contributed by atoms with Gasteiger partial charge in [0.2, 0.25) is 11.1 Å². The predicted molar refractivity (Wildman–Crippen MR) is 114 cm³/mol. The summed E-state index contributed by atoms with van der Waals surface area (Å²) in [7, 11) is 1.66. The first-order chi connectivity index (χ1) is 15.7. The summed E-state index contributed by atoms with van der Waals surface area (Å²) in [5.74, 6) is -3.46. The van der Waals surface area contributed by atoms with E-state index in [2.05, 4.69) is 20.8 Å². The molecule has 2 aliphatic rings. The molecule has 2 amide bonds. The molecule has 5 N–H and O–H groups in total. The Morgan fingerprint density at radius 1 is 1.45 bits per heavy atom. The number of nitrogens with one attached hydrogen (secondary N) is 1. The molecule has 1 fully saturated rings. The molecule has 2 aromatic rings. The minimum atomic E-state index is -1.28. The number of fused-ring (bicyclic) bond motifs is 1. The Morgan fingerprint density at radius 3 is 2.85 bits per heavy atom. The average Bonchev–Trinajstić information content (AvgIpc) is 3.20. The number of carbonyl (C=O) groups is 3. The standard InChI is InChI=1S/C18H18FN7O5S2/c1-25-18(22-23-24-25)33-6-8-5-32-16-12(15(29)26(16)13(8)17(30)31)21-14(28)11(20)7-2-3-10(27)9(19)4-7/h2-4,11-12,16,27H,5-6,20H2,1H3,(H,21,28)(H,30,31)/t11?,12?,16-/m1/s1. The first-order valence-corrected chi connectivity index (χ1v) is 11.5. The van der Waals surface area contributed by atoms with Crippen LogP contribution in [0.5, 0.6) is 5.75 Å². The number of carboxylic acids is 1. The maximum atomic E-state index is 13.6. The van der Waals surface area contributed by atoms with Gasteiger partial charge in [0, 0.05) is 18.6 Å². The van der Waals surface area contributed by atoms with Crippen LogP contribution in [0.25, 0.3) is 0 Å². The molecule has 174 valence electrons. The number of hydrogen-bond donors (Lipinski definition) is 4. The van der Waals surface area contributed by atoms with Gasteiger partial charge in [-0.05, 0) is 33.7 Å². The van der Waals surface area contributed by atoms with Gasteiger partial charge in [0.05, 0.1) is 0 Å². The van der Waals surface area contributed by atoms with Crippen molar-refractivity contribution in [2.45, 2.75) is 22.6 Å². The molecule has 33 heavy (non-hydrogen) atoms. The van der Waals surface area contributed by atoms with Crippen LogP contribution in [0, 0.1) is 5.82 Å². The summed E-state index contributed by atoms with van der Waals surface area (Å²) in [6.45, 7) is 0. The fourth-order valence-electron chi connectivity index (χ4n) is 3.40. The molecule has 1 aromatic carbocycles. The van der Waals surface area contributed by atoms with Crippen LogP contribution < -0.4 is 11.1 Å². The molecule has 3 heterocycles. The number of amides is 2. The van der Waals surface area contributed by atoms with E-state index in [1.165, 1.54) is 34.3 Å². The van der Waals surface area contributed by atoms with Gasteiger partial charge in [0.1, 0.15) is 23.2 Å². The third-order valence-electron chi connectivity index (χ3n) is 5.12. The maximum absolute atomic E-state index is 13.6. The minimum absolute atomic E-state index is 0.117. The van der Waals surface area contributed by atoms with E-state index in [4.69, 9.17) is 5.73 Å². The molecule has 0 bridgehead atoms. The van der Waals surface area contributed by atoms with Crippen molar-refractivity contribution in [2.75, 3.05) is 11.5 Å². The predicted octanol–water partition coefficient (Wildman–Crippen LogP) is -0.414. The number of aliphatic carboxylic acids is 1. The van der Waals surface area contributed by atoms with Gasteiger partial charge in [-0.3, -0.25) is 14.5 Å². The first kappa shape index (κ1) is 23.0. The van der Waals surface area contributed by atoms with Crippen molar-refractivity contribution in [2.24, 2.45) is 12.8 Å². The fraction of sp³-hybridized carbons (Fsp3) is 0.333. The van der Waals surface area contributed by atoms with Crippen LogP contribution in [0.4, 0.5) is 4.39 Å². The lowest BCUT2D eigenvalue weighted by Gasteiger charge is -2.49. The van der Waals surface area contributed by atoms with E-state index in [1.54, 1.807) is 7.05 Å². The molecule has 15 heteroatoms. The Bertz CT molecular complexity index is 1170. The number of carbonyl (C=O) groups excluding carboxylic acids is 2. The molecule has 2 aliphatic heterocycles. The summed E-state index contributed by atoms with van der Waals surface area (Å²) >= 11 is 2.56. The normalized spacial score (nSPS) is 20.8. The van der Waals surface area contributed by atoms with Gasteiger partial charge in [-0.2, -0.15) is 0 Å². The zero-order valence-corrected chi connectivity index (χ0v) is 18.6. The summed E-state index contributed by atoms with van der Waals surface area (Å²) in [6, 6.07) is 1.06. The number of aromatic nitrogens is 4. The highest BCUT2D eigenvalue weighted by atomic mass is 32.2. The molecule has 0 aliphatic carbocycles. The van der Waals surface area contributed by atoms with Gasteiger partial charge in [-0.1, -0.05) is 17.8 Å². The van der Waals surface area contributed by atoms with Crippen LogP contribution in [-0.2, 0) is 21.4 Å². The Kier molecular flexibility index (Phi) is 6.27. The number of hydrogen-bond acceptors (Lipinski definition) is 10. The number of β-lactam (4-membered cyclic amide) rings is 1. The molecule has 0 saturated carbocycles. The number of halogens is 1. The molecule has 1 aromatic heterocycles. The van der Waals surface area contributed by atoms with E-state index in [1.807, 2.05) is 0 Å². The minimum Gasteiger partial charge on any atom is -0.505 e. The number of thioether (sulfide) groups is 2. The van der Waals surface area contributed by atoms with E-state index in [0.29, 0.717) is 16.5 Å². The highest BCUT2D eigenvalue weighted by Gasteiger charge is 2.54. The SMILES string of the molecule is Cn1nnnc1SCC1=C(C(=O)O)N2C(=O)C(NC(=O)C(N)c3ccc(O)c(F)c3)[C@H]2SC1. The summed E-state index contributed by atoms with van der Waals surface area (Å²) in [5.41, 5.74) is 6.40. The number of phenols is 1. The molecular weight excluding hydrogens is 477 g/mol. The van der Waals surface area contributed by atoms with Crippen molar-refractivity contribution in [3.63, 3.8) is 0 Å². The Morgan fingerprint density at radius 2 is 2.21 bits per heavy atom. The third kappa shape index (κ3) is 4.26. The zero-order valence-electron chi connectivity index (χ0n) is 17.0. The lowest BCUT2D eigenvalue weighted by atomic mass is 10.0. The van der Waals surface area contributed by atoms with Crippen LogP contribution >= 0.6 is 23.5 Å². The first-order valence-electron chi connectivity index (χ1n) is 9.48. The Balaban J connectivity index is 1.46. The van der Waals surface area contributed by atoms with Gasteiger partial charge < -0.3 is 21.3 Å². The smallest absolute Gasteiger partial charge is 0.352 e. The van der Waals surface area contributed by atoms with Crippen molar-refractivity contribution in [3.05, 3.63) is 40.8 Å². The van der Waals surface area contributed by atoms with Gasteiger partial charge in [-0.25, -0.2) is 13.9 Å². The molecular formula is C18H18FN7O5S2. The third-order valence-corrected chi connectivity index (χ3v) is 7.55. The van der Waals surface area contributed by atoms with Crippen molar-refractivity contribution >= 4 is 41.3 Å². The van der Waals surface area contributed by atoms with Gasteiger partial charge in [0.15, 0.2) is 11.6 Å². The van der Waals surface area contributed by atoms with Crippen molar-refractivity contribution < 1.29 is 29.0 Å². The largest absolute Gasteiger partial charge is 0.505 e. The quantitative estimate of drug-likeness (QED) is 0.290. The second-order valence-corrected chi connectivity index (χ2v) is 9.26. The zero-order chi connectivity index (χ0) is 23.9. The number of nitrogens with zero attached hydrogens (tertiary/aromatic N) is 5. The molecule has 4 rings (SSSR count). The number of benzene rings is 1. The van der Waals surface area contributed by atoms with Crippen LogP contribution in [0.1, 0.15) is 11.6 Å². The Labute approximate surface area is 194 Å². The number of aryl methyl sites for hydroxylation is 1. The lowest BCUT2D eigenvalue weighted by Crippen LogP contribution is -2.71. The van der Waals surface area contributed by atoms with Crippen molar-refractivity contribution in [3.8, 4) is 5.75 Å². The fourth-order valence-corrected chi connectivity index (χ4v) is 5.74. The second-order valence-electron chi connectivity index (χ2n) is 7.22. The molecule has 1 saturated heterocycles. The number of tetrazole rings is 1. The molecule has 12 nitrogen and oxygen atoms in total. The number of carboxylic acid groups (broad SMARTS) is 1. The van der Waals surface area contributed by atoms with Gasteiger partial charge in [-0.15, -0.1) is 16.9 Å². The summed E-state index contributed by atoms with van der Waals surface area (Å²) < 4.78 is 15.0. The number of phenolic OH excluding ortho intramolecular Hbond substituents is 1. The maximum Gasteiger partial charge on any atom is 0.352 e. The van der Waals surface area contributed by atoms with Gasteiger partial charge >= 0.3 is 5.97 Å². The van der Waals surface area contributed by atoms with Crippen LogP contribution in [0.2, 0.25) is 0 Å². The highest BCUT2D eigenvalue weighted by molar-refractivity contribution is 8.01. The summed E-state index contributed by atoms with van der Waals surface area (Å²) in [5, 5.41) is 32.5. The topological polar surface area (TPSA) is 177 Å². The Hall–Kier alpha value is -3.17. The molecule has 3 atom stereocenters. The van der Waals surface area contributed by atoms with Crippen molar-refractivity contribution in [1.82, 2.24) is 30.4 Å². The molecule has 0 radical (unpaired) electrons. The number of nitrogens with two attached hydrogens (primary N) is 1. The van der Waals surface area contributed by atoms with E-state index in [9.17, 15) is 29.0 Å². The van der Waals surface area contributed by atoms with E-state index >= 15 is 0 Å². The van der Waals surface area contributed by atoms with E-state index in [-0.39, 0.29) is 17.0 Å². The number of aromatic hydroxyl groups is 1. The summed E-state index contributed by atoms with van der Waals surface area (Å²) in [6.07, 6.45) is 0. The lowest BCUT2D eigenvalue weighted by molar-refractivity contribution is -0.150. The van der Waals surface area contributed by atoms with Crippen molar-refractivity contribution in [1.29, 1.82) is 0 Å².